The van der Waals surface area contributed by atoms with Crippen LogP contribution in [0.3, 0.4) is 0 Å². The molecule has 4 aromatic carbocycles. The summed E-state index contributed by atoms with van der Waals surface area (Å²) in [6, 6.07) is 16.5. The number of anilines is 1. The molecule has 0 aliphatic carbocycles. The van der Waals surface area contributed by atoms with Crippen LogP contribution >= 0.6 is 0 Å². The number of nitrogen functional groups attached to an aromatic ring is 1. The normalized spacial score (nSPS) is 10.5. The van der Waals surface area contributed by atoms with Crippen LogP contribution in [0, 0.1) is 37.3 Å². The van der Waals surface area contributed by atoms with Crippen molar-refractivity contribution in [3.05, 3.63) is 148 Å². The number of carboxylic acids is 4. The van der Waals surface area contributed by atoms with Gasteiger partial charge in [-0.05, 0) is 107 Å². The number of aromatic carboxylic acids is 4. The van der Waals surface area contributed by atoms with Crippen LogP contribution in [0.15, 0.2) is 72.8 Å². The topological polar surface area (TPSA) is 364 Å². The van der Waals surface area contributed by atoms with Crippen LogP contribution < -0.4 is 5.73 Å². The molecule has 0 heterocycles. The van der Waals surface area contributed by atoms with Gasteiger partial charge in [-0.2, -0.15) is 0 Å². The van der Waals surface area contributed by atoms with Gasteiger partial charge in [0, 0.05) is 51.1 Å². The van der Waals surface area contributed by atoms with Crippen LogP contribution in [0.1, 0.15) is 119 Å². The summed E-state index contributed by atoms with van der Waals surface area (Å²) in [5, 5.41) is 67.2. The van der Waals surface area contributed by atoms with Crippen molar-refractivity contribution in [2.45, 2.75) is 92.5 Å². The molecular formula is C46H56N6O18. The van der Waals surface area contributed by atoms with Crippen LogP contribution in [0.5, 0.6) is 0 Å². The lowest BCUT2D eigenvalue weighted by molar-refractivity contribution is -0.385. The number of carboxylic acid groups (broad SMARTS) is 4. The predicted molar refractivity (Wildman–Crippen MR) is 252 cm³/mol. The third kappa shape index (κ3) is 20.0. The summed E-state index contributed by atoms with van der Waals surface area (Å²) in [7, 11) is 3.08. The Morgan fingerprint density at radius 3 is 1.20 bits per heavy atom. The smallest absolute Gasteiger partial charge is 0.410 e. The SMILES string of the molecule is CCCc1ccc([N+](=O)[O-])c(C(=O)O)c1.CN(Cc1ccc(N)c(C(=O)O)c1)C(=O)OC(C)(C)C.CN(Cc1ccc([N+](=O)[O-])c(C(=O)O)c1)C(=O)OC(C)(C)C.Cc1ccc([N+](=O)[O-])c(C(=O)O)c1. The van der Waals surface area contributed by atoms with E-state index in [-0.39, 0.29) is 46.8 Å². The molecule has 4 aromatic rings. The standard InChI is InChI=1S/C14H18N2O6.C14H20N2O4.C10H11NO4.C8H7NO4/c1-14(2,3)22-13(19)15(4)8-9-5-6-11(16(20)21)10(7-9)12(17)18;1-14(2,3)20-13(19)16(4)8-9-5-6-11(15)10(7-9)12(17)18;1-2-3-7-4-5-9(11(14)15)8(6-7)10(12)13;1-5-2-3-7(9(12)13)6(4-5)8(10)11/h5-7H,8H2,1-4H3,(H,17,18);5-7H,8,15H2,1-4H3,(H,17,18);4-6H,2-3H2,1H3,(H,12,13);2-4H,1H3,(H,10,11). The van der Waals surface area contributed by atoms with E-state index in [4.69, 9.17) is 35.6 Å². The van der Waals surface area contributed by atoms with Crippen LogP contribution in [0.2, 0.25) is 0 Å². The van der Waals surface area contributed by atoms with Gasteiger partial charge in [0.05, 0.1) is 20.3 Å². The van der Waals surface area contributed by atoms with Crippen LogP contribution in [0.25, 0.3) is 0 Å². The number of ether oxygens (including phenoxy) is 2. The molecule has 4 rings (SSSR count). The van der Waals surface area contributed by atoms with E-state index in [0.29, 0.717) is 16.7 Å². The number of aryl methyl sites for hydroxylation is 2. The van der Waals surface area contributed by atoms with Gasteiger partial charge in [0.15, 0.2) is 0 Å². The van der Waals surface area contributed by atoms with Crippen LogP contribution in [-0.2, 0) is 29.0 Å². The van der Waals surface area contributed by atoms with Crippen molar-refractivity contribution in [3.63, 3.8) is 0 Å². The van der Waals surface area contributed by atoms with Gasteiger partial charge in [-0.15, -0.1) is 0 Å². The summed E-state index contributed by atoms with van der Waals surface area (Å²) in [5.74, 6) is -5.03. The number of rotatable bonds is 13. The fourth-order valence-electron chi connectivity index (χ4n) is 5.59. The Morgan fingerprint density at radius 2 is 0.857 bits per heavy atom. The highest BCUT2D eigenvalue weighted by molar-refractivity contribution is 5.94. The molecule has 0 saturated carbocycles. The highest BCUT2D eigenvalue weighted by Gasteiger charge is 2.25. The second kappa shape index (κ2) is 26.0. The summed E-state index contributed by atoms with van der Waals surface area (Å²) in [6.45, 7) is 14.5. The van der Waals surface area contributed by atoms with Crippen molar-refractivity contribution in [2.75, 3.05) is 19.8 Å². The number of nitro groups is 3. The number of benzene rings is 4. The van der Waals surface area contributed by atoms with Gasteiger partial charge in [-0.25, -0.2) is 28.8 Å². The maximum Gasteiger partial charge on any atom is 0.410 e. The van der Waals surface area contributed by atoms with E-state index >= 15 is 0 Å². The summed E-state index contributed by atoms with van der Waals surface area (Å²) < 4.78 is 10.4. The molecular weight excluding hydrogens is 925 g/mol. The first-order chi connectivity index (χ1) is 32.2. The fraction of sp³-hybridized carbons (Fsp3) is 0.348. The molecule has 6 N–H and O–H groups in total. The molecule has 0 atom stereocenters. The van der Waals surface area contributed by atoms with Crippen molar-refractivity contribution >= 4 is 58.8 Å². The molecule has 2 amide bonds. The number of hydrogen-bond donors (Lipinski definition) is 5. The monoisotopic (exact) mass is 980 g/mol. The Balaban J connectivity index is 0.000000476. The van der Waals surface area contributed by atoms with Gasteiger partial charge < -0.3 is 45.4 Å². The number of nitrogens with zero attached hydrogens (tertiary/aromatic N) is 5. The number of carbonyl (C=O) groups excluding carboxylic acids is 2. The molecule has 0 fully saturated rings. The van der Waals surface area contributed by atoms with Gasteiger partial charge in [0.25, 0.3) is 17.1 Å². The molecule has 0 radical (unpaired) electrons. The molecule has 24 heteroatoms. The first kappa shape index (κ1) is 59.3. The summed E-state index contributed by atoms with van der Waals surface area (Å²) in [5.41, 5.74) is 5.04. The lowest BCUT2D eigenvalue weighted by Gasteiger charge is -2.24. The largest absolute Gasteiger partial charge is 0.478 e. The van der Waals surface area contributed by atoms with E-state index in [1.54, 1.807) is 67.6 Å². The minimum atomic E-state index is -1.39. The fourth-order valence-corrected chi connectivity index (χ4v) is 5.59. The Kier molecular flexibility index (Phi) is 22.0. The highest BCUT2D eigenvalue weighted by atomic mass is 16.6. The van der Waals surface area contributed by atoms with Crippen molar-refractivity contribution in [1.29, 1.82) is 0 Å². The number of hydrogen-bond acceptors (Lipinski definition) is 15. The average Bonchev–Trinajstić information content (AvgIpc) is 3.23. The Labute approximate surface area is 401 Å². The molecule has 0 aliphatic heterocycles. The van der Waals surface area contributed by atoms with Crippen molar-refractivity contribution in [1.82, 2.24) is 9.80 Å². The van der Waals surface area contributed by atoms with Gasteiger partial charge in [0.1, 0.15) is 27.9 Å². The summed E-state index contributed by atoms with van der Waals surface area (Å²) >= 11 is 0. The zero-order valence-electron chi connectivity index (χ0n) is 40.1. The first-order valence-electron chi connectivity index (χ1n) is 20.7. The lowest BCUT2D eigenvalue weighted by atomic mass is 10.1. The maximum atomic E-state index is 11.8. The molecule has 0 unspecified atom stereocenters. The van der Waals surface area contributed by atoms with Crippen molar-refractivity contribution in [3.8, 4) is 0 Å². The third-order valence-corrected chi connectivity index (χ3v) is 8.69. The van der Waals surface area contributed by atoms with Gasteiger partial charge in [-0.3, -0.25) is 30.3 Å². The Bertz CT molecular complexity index is 2600. The van der Waals surface area contributed by atoms with Gasteiger partial charge in [-0.1, -0.05) is 37.6 Å². The van der Waals surface area contributed by atoms with E-state index in [1.165, 1.54) is 71.4 Å². The number of carbonyl (C=O) groups is 6. The molecule has 378 valence electrons. The van der Waals surface area contributed by atoms with E-state index < -0.39 is 73.3 Å². The number of amides is 2. The predicted octanol–water partition coefficient (Wildman–Crippen LogP) is 8.84. The maximum absolute atomic E-state index is 11.8. The Morgan fingerprint density at radius 1 is 0.543 bits per heavy atom. The molecule has 0 aromatic heterocycles. The highest BCUT2D eigenvalue weighted by Crippen LogP contribution is 2.24. The minimum absolute atomic E-state index is 0.0279. The van der Waals surface area contributed by atoms with Crippen molar-refractivity contribution in [2.24, 2.45) is 0 Å². The van der Waals surface area contributed by atoms with Crippen molar-refractivity contribution < 1.29 is 73.4 Å². The van der Waals surface area contributed by atoms with Gasteiger partial charge in [0.2, 0.25) is 0 Å². The van der Waals surface area contributed by atoms with E-state index in [9.17, 15) is 59.1 Å². The molecule has 0 aliphatic rings. The third-order valence-electron chi connectivity index (χ3n) is 8.69. The zero-order valence-corrected chi connectivity index (χ0v) is 40.1. The van der Waals surface area contributed by atoms with E-state index in [1.807, 2.05) is 6.92 Å². The first-order valence-corrected chi connectivity index (χ1v) is 20.7. The second-order valence-corrected chi connectivity index (χ2v) is 17.1. The lowest BCUT2D eigenvalue weighted by Crippen LogP contribution is -2.33. The molecule has 0 saturated heterocycles. The molecule has 0 bridgehead atoms. The zero-order chi connectivity index (χ0) is 54.0. The average molecular weight is 981 g/mol. The van der Waals surface area contributed by atoms with Gasteiger partial charge >= 0.3 is 36.1 Å². The van der Waals surface area contributed by atoms with E-state index in [0.717, 1.165) is 24.5 Å². The number of nitro benzene ring substituents is 3. The Hall–Kier alpha value is -8.70. The van der Waals surface area contributed by atoms with E-state index in [2.05, 4.69) is 0 Å². The van der Waals surface area contributed by atoms with Crippen LogP contribution in [0.4, 0.5) is 32.3 Å². The molecule has 24 nitrogen and oxygen atoms in total. The quantitative estimate of drug-likeness (QED) is 0.0474. The molecule has 70 heavy (non-hydrogen) atoms. The molecule has 0 spiro atoms. The van der Waals surface area contributed by atoms with Crippen LogP contribution in [-0.4, -0.2) is 106 Å². The minimum Gasteiger partial charge on any atom is -0.478 e. The summed E-state index contributed by atoms with van der Waals surface area (Å²) in [6.07, 6.45) is 0.559. The second-order valence-electron chi connectivity index (χ2n) is 17.1. The summed E-state index contributed by atoms with van der Waals surface area (Å²) in [4.78, 5) is 99.3. The number of nitrogens with two attached hydrogens (primary N) is 1.